The van der Waals surface area contributed by atoms with Gasteiger partial charge in [0.05, 0.1) is 11.5 Å². The maximum absolute atomic E-state index is 13.0. The molecule has 4 saturated carbocycles. The van der Waals surface area contributed by atoms with Gasteiger partial charge in [0, 0.05) is 11.5 Å². The van der Waals surface area contributed by atoms with E-state index in [1.54, 1.807) is 6.08 Å². The van der Waals surface area contributed by atoms with Gasteiger partial charge in [-0.25, -0.2) is 4.79 Å². The number of aliphatic hydroxyl groups is 1. The van der Waals surface area contributed by atoms with Gasteiger partial charge in [0.15, 0.2) is 0 Å². The predicted octanol–water partition coefficient (Wildman–Crippen LogP) is 8.47. The van der Waals surface area contributed by atoms with Crippen LogP contribution in [0.25, 0.3) is 6.08 Å². The molecule has 0 heterocycles. The summed E-state index contributed by atoms with van der Waals surface area (Å²) >= 11 is 0. The van der Waals surface area contributed by atoms with Crippen LogP contribution in [0.3, 0.4) is 0 Å². The quantitative estimate of drug-likeness (QED) is 0.205. The molecule has 5 aliphatic carbocycles. The van der Waals surface area contributed by atoms with Gasteiger partial charge in [0.2, 0.25) is 0 Å². The average Bonchev–Trinajstić information content (AvgIpc) is 2.94. The molecule has 5 nitrogen and oxygen atoms in total. The van der Waals surface area contributed by atoms with Gasteiger partial charge >= 0.3 is 11.9 Å². The highest BCUT2D eigenvalue weighted by Gasteiger charge is 2.70. The molecule has 6 rings (SSSR count). The summed E-state index contributed by atoms with van der Waals surface area (Å²) in [6.07, 6.45) is 12.4. The fraction of sp³-hybridized carbons (Fsp3) is 0.692. The van der Waals surface area contributed by atoms with Crippen molar-refractivity contribution in [1.29, 1.82) is 0 Å². The Morgan fingerprint density at radius 2 is 1.57 bits per heavy atom. The predicted molar refractivity (Wildman–Crippen MR) is 173 cm³/mol. The van der Waals surface area contributed by atoms with Crippen LogP contribution in [0.2, 0.25) is 0 Å². The monoisotopic (exact) mass is 602 g/mol. The molecule has 5 heteroatoms. The van der Waals surface area contributed by atoms with Crippen LogP contribution in [0.5, 0.6) is 0 Å². The van der Waals surface area contributed by atoms with Gasteiger partial charge in [0.25, 0.3) is 0 Å². The molecule has 4 fully saturated rings. The summed E-state index contributed by atoms with van der Waals surface area (Å²) in [6, 6.07) is 9.71. The molecule has 240 valence electrons. The summed E-state index contributed by atoms with van der Waals surface area (Å²) < 4.78 is 6.07. The average molecular weight is 603 g/mol. The molecular weight excluding hydrogens is 548 g/mol. The maximum Gasteiger partial charge on any atom is 0.331 e. The fourth-order valence-corrected chi connectivity index (χ4v) is 11.9. The highest BCUT2D eigenvalue weighted by Crippen LogP contribution is 2.75. The summed E-state index contributed by atoms with van der Waals surface area (Å²) in [7, 11) is 0. The molecule has 0 spiro atoms. The number of rotatable bonds is 4. The summed E-state index contributed by atoms with van der Waals surface area (Å²) in [6.45, 7) is 16.4. The van der Waals surface area contributed by atoms with E-state index in [1.807, 2.05) is 30.3 Å². The van der Waals surface area contributed by atoms with Crippen molar-refractivity contribution in [2.45, 2.75) is 118 Å². The number of esters is 1. The van der Waals surface area contributed by atoms with Crippen LogP contribution >= 0.6 is 0 Å². The number of benzene rings is 1. The van der Waals surface area contributed by atoms with E-state index in [2.05, 4.69) is 54.5 Å². The number of aliphatic hydroxyl groups excluding tert-OH is 1. The number of aliphatic carboxylic acids is 1. The highest BCUT2D eigenvalue weighted by molar-refractivity contribution is 5.87. The van der Waals surface area contributed by atoms with Gasteiger partial charge in [0.1, 0.15) is 6.10 Å². The van der Waals surface area contributed by atoms with Gasteiger partial charge in [-0.05, 0) is 109 Å². The van der Waals surface area contributed by atoms with E-state index >= 15 is 0 Å². The molecule has 0 amide bonds. The Hall–Kier alpha value is -2.40. The second-order valence-corrected chi connectivity index (χ2v) is 17.4. The second kappa shape index (κ2) is 10.3. The molecule has 0 aromatic heterocycles. The van der Waals surface area contributed by atoms with E-state index in [4.69, 9.17) is 4.74 Å². The SMILES string of the molecule is CC1(C)CCC2(C(=O)O)CCC3(C)C(=CCC4C5(C)CC(O)C(OC(=O)C=Cc6ccccc6)C(C)(C)C5CCC43C)C2C1. The Labute approximate surface area is 264 Å². The highest BCUT2D eigenvalue weighted by atomic mass is 16.6. The van der Waals surface area contributed by atoms with Gasteiger partial charge < -0.3 is 14.9 Å². The third-order valence-corrected chi connectivity index (χ3v) is 14.4. The molecule has 1 aromatic carbocycles. The van der Waals surface area contributed by atoms with Crippen LogP contribution in [0.1, 0.15) is 112 Å². The van der Waals surface area contributed by atoms with Crippen molar-refractivity contribution >= 4 is 18.0 Å². The van der Waals surface area contributed by atoms with Crippen LogP contribution in [-0.2, 0) is 14.3 Å². The van der Waals surface area contributed by atoms with Crippen molar-refractivity contribution in [2.75, 3.05) is 0 Å². The zero-order chi connectivity index (χ0) is 31.9. The fourth-order valence-electron chi connectivity index (χ4n) is 11.9. The second-order valence-electron chi connectivity index (χ2n) is 17.4. The van der Waals surface area contributed by atoms with Crippen LogP contribution < -0.4 is 0 Å². The zero-order valence-electron chi connectivity index (χ0n) is 28.0. The minimum Gasteiger partial charge on any atom is -0.481 e. The van der Waals surface area contributed by atoms with E-state index in [0.29, 0.717) is 18.3 Å². The molecular formula is C39H54O5. The van der Waals surface area contributed by atoms with Crippen molar-refractivity contribution in [1.82, 2.24) is 0 Å². The molecule has 0 radical (unpaired) electrons. The van der Waals surface area contributed by atoms with Crippen LogP contribution in [0, 0.1) is 50.2 Å². The Balaban J connectivity index is 1.30. The minimum absolute atomic E-state index is 0.00627. The molecule has 9 unspecified atom stereocenters. The van der Waals surface area contributed by atoms with Crippen molar-refractivity contribution < 1.29 is 24.5 Å². The molecule has 5 aliphatic rings. The molecule has 1 aromatic rings. The lowest BCUT2D eigenvalue weighted by Gasteiger charge is -2.71. The molecule has 9 atom stereocenters. The number of carboxylic acid groups (broad SMARTS) is 1. The number of carboxylic acids is 1. The van der Waals surface area contributed by atoms with Crippen molar-refractivity contribution in [2.24, 2.45) is 50.2 Å². The van der Waals surface area contributed by atoms with Crippen LogP contribution in [-0.4, -0.2) is 34.4 Å². The van der Waals surface area contributed by atoms with E-state index in [1.165, 1.54) is 11.6 Å². The van der Waals surface area contributed by atoms with Crippen LogP contribution in [0.4, 0.5) is 0 Å². The number of ether oxygens (including phenoxy) is 1. The smallest absolute Gasteiger partial charge is 0.331 e. The topological polar surface area (TPSA) is 83.8 Å². The van der Waals surface area contributed by atoms with Crippen LogP contribution in [0.15, 0.2) is 48.1 Å². The number of carbonyl (C=O) groups is 2. The summed E-state index contributed by atoms with van der Waals surface area (Å²) in [5.41, 5.74) is 1.28. The summed E-state index contributed by atoms with van der Waals surface area (Å²) in [5, 5.41) is 22.4. The number of allylic oxidation sites excluding steroid dienone is 2. The van der Waals surface area contributed by atoms with Crippen molar-refractivity contribution in [3.05, 3.63) is 53.6 Å². The normalized spacial score (nSPS) is 43.9. The maximum atomic E-state index is 13.0. The number of hydrogen-bond donors (Lipinski definition) is 2. The Kier molecular flexibility index (Phi) is 7.40. The number of hydrogen-bond acceptors (Lipinski definition) is 4. The Bertz CT molecular complexity index is 1370. The summed E-state index contributed by atoms with van der Waals surface area (Å²) in [4.78, 5) is 25.9. The first-order valence-electron chi connectivity index (χ1n) is 17.1. The van der Waals surface area contributed by atoms with E-state index in [0.717, 1.165) is 56.9 Å². The lowest BCUT2D eigenvalue weighted by atomic mass is 9.33. The Morgan fingerprint density at radius 1 is 0.886 bits per heavy atom. The van der Waals surface area contributed by atoms with Crippen molar-refractivity contribution in [3.63, 3.8) is 0 Å². The van der Waals surface area contributed by atoms with E-state index in [-0.39, 0.29) is 27.6 Å². The molecule has 2 N–H and O–H groups in total. The zero-order valence-corrected chi connectivity index (χ0v) is 28.0. The third kappa shape index (κ3) is 4.49. The summed E-state index contributed by atoms with van der Waals surface area (Å²) in [5.74, 6) is -0.263. The van der Waals surface area contributed by atoms with Gasteiger partial charge in [-0.1, -0.05) is 90.4 Å². The Morgan fingerprint density at radius 3 is 2.25 bits per heavy atom. The minimum atomic E-state index is -0.744. The van der Waals surface area contributed by atoms with Crippen molar-refractivity contribution in [3.8, 4) is 0 Å². The number of fused-ring (bicyclic) bond motifs is 7. The lowest BCUT2D eigenvalue weighted by molar-refractivity contribution is -0.238. The first-order chi connectivity index (χ1) is 20.5. The molecule has 0 bridgehead atoms. The molecule has 0 aliphatic heterocycles. The molecule has 0 saturated heterocycles. The lowest BCUT2D eigenvalue weighted by Crippen LogP contribution is -2.67. The largest absolute Gasteiger partial charge is 0.481 e. The van der Waals surface area contributed by atoms with Gasteiger partial charge in [-0.3, -0.25) is 4.79 Å². The van der Waals surface area contributed by atoms with E-state index in [9.17, 15) is 19.8 Å². The molecule has 44 heavy (non-hydrogen) atoms. The first-order valence-corrected chi connectivity index (χ1v) is 17.1. The van der Waals surface area contributed by atoms with Gasteiger partial charge in [-0.15, -0.1) is 0 Å². The van der Waals surface area contributed by atoms with Gasteiger partial charge in [-0.2, -0.15) is 0 Å². The van der Waals surface area contributed by atoms with E-state index < -0.39 is 35.0 Å². The number of carbonyl (C=O) groups excluding carboxylic acids is 1. The first kappa shape index (κ1) is 31.6. The third-order valence-electron chi connectivity index (χ3n) is 14.4. The standard InChI is InChI=1S/C39H54O5/c1-34(2)19-21-39(33(42)43)22-20-37(6)26(27(39)23-34)14-15-30-36(5)24-28(40)32(35(3,4)29(36)17-18-38(30,37)7)44-31(41)16-13-25-11-9-8-10-12-25/h8-14,16,27-30,32,40H,15,17-24H2,1-7H3,(H,42,43).